The first-order valence-corrected chi connectivity index (χ1v) is 10.3. The fourth-order valence-electron chi connectivity index (χ4n) is 3.22. The Bertz CT molecular complexity index is 1060. The normalized spacial score (nSPS) is 19.2. The number of rotatable bonds is 3. The molecule has 1 atom stereocenters. The van der Waals surface area contributed by atoms with Gasteiger partial charge in [0, 0.05) is 17.1 Å². The summed E-state index contributed by atoms with van der Waals surface area (Å²) in [4.78, 5) is 33.3. The molecule has 138 valence electrons. The van der Waals surface area contributed by atoms with Crippen LogP contribution in [0.3, 0.4) is 0 Å². The van der Waals surface area contributed by atoms with Crippen molar-refractivity contribution in [3.05, 3.63) is 47.5 Å². The lowest BCUT2D eigenvalue weighted by Gasteiger charge is -2.38. The van der Waals surface area contributed by atoms with E-state index in [2.05, 4.69) is 10.3 Å². The summed E-state index contributed by atoms with van der Waals surface area (Å²) in [6.07, 6.45) is 0. The maximum Gasteiger partial charge on any atom is 0.252 e. The van der Waals surface area contributed by atoms with Gasteiger partial charge in [0.15, 0.2) is 4.75 Å². The summed E-state index contributed by atoms with van der Waals surface area (Å²) in [5, 5.41) is 3.91. The van der Waals surface area contributed by atoms with Crippen LogP contribution in [-0.2, 0) is 9.59 Å². The number of para-hydroxylation sites is 1. The molecule has 3 aromatic rings. The summed E-state index contributed by atoms with van der Waals surface area (Å²) in [6, 6.07) is 13.3. The molecule has 5 nitrogen and oxygen atoms in total. The monoisotopic (exact) mass is 397 g/mol. The zero-order valence-corrected chi connectivity index (χ0v) is 16.9. The molecule has 4 rings (SSSR count). The fraction of sp³-hybridized carbons (Fsp3) is 0.250. The number of hydrogen-bond acceptors (Lipinski definition) is 5. The molecular weight excluding hydrogens is 378 g/mol. The number of carbonyl (C=O) groups excluding carboxylic acids is 2. The molecule has 1 aliphatic heterocycles. The molecular formula is C20H19N3O2S2. The van der Waals surface area contributed by atoms with Crippen LogP contribution in [0.25, 0.3) is 10.2 Å². The number of thiazole rings is 1. The average molecular weight is 398 g/mol. The van der Waals surface area contributed by atoms with Crippen molar-refractivity contribution >= 4 is 56.5 Å². The molecule has 1 N–H and O–H groups in total. The van der Waals surface area contributed by atoms with Crippen molar-refractivity contribution in [1.29, 1.82) is 0 Å². The number of amides is 2. The number of benzene rings is 2. The SMILES string of the molecule is CCN1C(=O)C(C)(C(=O)Nc2ccc3nc(C)sc3c2)Sc2ccccc21. The Morgan fingerprint density at radius 3 is 2.81 bits per heavy atom. The Hall–Kier alpha value is -2.38. The lowest BCUT2D eigenvalue weighted by molar-refractivity contribution is -0.128. The quantitative estimate of drug-likeness (QED) is 0.663. The highest BCUT2D eigenvalue weighted by molar-refractivity contribution is 8.02. The van der Waals surface area contributed by atoms with E-state index in [0.717, 1.165) is 25.8 Å². The van der Waals surface area contributed by atoms with E-state index >= 15 is 0 Å². The van der Waals surface area contributed by atoms with Crippen molar-refractivity contribution < 1.29 is 9.59 Å². The lowest BCUT2D eigenvalue weighted by atomic mass is 10.1. The molecule has 2 heterocycles. The zero-order chi connectivity index (χ0) is 19.2. The van der Waals surface area contributed by atoms with E-state index in [-0.39, 0.29) is 11.8 Å². The number of nitrogens with one attached hydrogen (secondary N) is 1. The van der Waals surface area contributed by atoms with E-state index in [1.54, 1.807) is 23.2 Å². The topological polar surface area (TPSA) is 62.3 Å². The fourth-order valence-corrected chi connectivity index (χ4v) is 5.30. The van der Waals surface area contributed by atoms with Gasteiger partial charge in [0.2, 0.25) is 5.91 Å². The second-order valence-corrected chi connectivity index (χ2v) is 9.22. The predicted molar refractivity (Wildman–Crippen MR) is 112 cm³/mol. The smallest absolute Gasteiger partial charge is 0.252 e. The Balaban J connectivity index is 1.66. The van der Waals surface area contributed by atoms with Gasteiger partial charge in [-0.1, -0.05) is 23.9 Å². The van der Waals surface area contributed by atoms with Crippen molar-refractivity contribution in [2.45, 2.75) is 30.4 Å². The Kier molecular flexibility index (Phi) is 4.44. The summed E-state index contributed by atoms with van der Waals surface area (Å²) in [5.74, 6) is -0.507. The standard InChI is InChI=1S/C20H19N3O2S2/c1-4-23-15-7-5-6-8-16(15)27-20(3,19(23)25)18(24)22-13-9-10-14-17(11-13)26-12(2)21-14/h5-11H,4H2,1-3H3,(H,22,24). The Labute approximate surface area is 165 Å². The molecule has 0 radical (unpaired) electrons. The summed E-state index contributed by atoms with van der Waals surface area (Å²) in [6.45, 7) is 6.09. The summed E-state index contributed by atoms with van der Waals surface area (Å²) in [5.41, 5.74) is 2.45. The van der Waals surface area contributed by atoms with Gasteiger partial charge in [-0.05, 0) is 51.1 Å². The molecule has 0 bridgehead atoms. The van der Waals surface area contributed by atoms with E-state index in [9.17, 15) is 9.59 Å². The molecule has 0 saturated carbocycles. The van der Waals surface area contributed by atoms with Crippen molar-refractivity contribution in [2.24, 2.45) is 0 Å². The predicted octanol–water partition coefficient (Wildman–Crippen LogP) is 4.46. The Morgan fingerprint density at radius 1 is 1.26 bits per heavy atom. The van der Waals surface area contributed by atoms with Crippen molar-refractivity contribution in [3.63, 3.8) is 0 Å². The van der Waals surface area contributed by atoms with Crippen LogP contribution in [0.5, 0.6) is 0 Å². The number of anilines is 2. The molecule has 2 aromatic carbocycles. The number of carbonyl (C=O) groups is 2. The molecule has 2 amide bonds. The van der Waals surface area contributed by atoms with E-state index in [4.69, 9.17) is 0 Å². The van der Waals surface area contributed by atoms with E-state index in [1.165, 1.54) is 11.8 Å². The number of aromatic nitrogens is 1. The molecule has 0 saturated heterocycles. The number of fused-ring (bicyclic) bond motifs is 2. The van der Waals surface area contributed by atoms with Gasteiger partial charge in [0.25, 0.3) is 5.91 Å². The van der Waals surface area contributed by atoms with Gasteiger partial charge in [0.05, 0.1) is 20.9 Å². The molecule has 1 aliphatic rings. The van der Waals surface area contributed by atoms with Crippen molar-refractivity contribution in [3.8, 4) is 0 Å². The van der Waals surface area contributed by atoms with Gasteiger partial charge in [-0.2, -0.15) is 0 Å². The maximum atomic E-state index is 13.1. The van der Waals surface area contributed by atoms with Gasteiger partial charge in [-0.3, -0.25) is 9.59 Å². The zero-order valence-electron chi connectivity index (χ0n) is 15.3. The first kappa shape index (κ1) is 18.0. The van der Waals surface area contributed by atoms with Crippen LogP contribution in [0.2, 0.25) is 0 Å². The van der Waals surface area contributed by atoms with Crippen LogP contribution in [0, 0.1) is 6.92 Å². The summed E-state index contributed by atoms with van der Waals surface area (Å²) >= 11 is 2.89. The number of hydrogen-bond donors (Lipinski definition) is 1. The van der Waals surface area contributed by atoms with Crippen molar-refractivity contribution in [2.75, 3.05) is 16.8 Å². The van der Waals surface area contributed by atoms with Crippen LogP contribution in [0.15, 0.2) is 47.4 Å². The molecule has 1 unspecified atom stereocenters. The van der Waals surface area contributed by atoms with Gasteiger partial charge >= 0.3 is 0 Å². The van der Waals surface area contributed by atoms with Crippen LogP contribution >= 0.6 is 23.1 Å². The maximum absolute atomic E-state index is 13.1. The highest BCUT2D eigenvalue weighted by atomic mass is 32.2. The molecule has 0 fully saturated rings. The van der Waals surface area contributed by atoms with Crippen LogP contribution in [0.1, 0.15) is 18.9 Å². The van der Waals surface area contributed by atoms with Crippen LogP contribution in [-0.4, -0.2) is 28.1 Å². The van der Waals surface area contributed by atoms with Crippen LogP contribution < -0.4 is 10.2 Å². The largest absolute Gasteiger partial charge is 0.324 e. The first-order chi connectivity index (χ1) is 12.9. The van der Waals surface area contributed by atoms with Crippen LogP contribution in [0.4, 0.5) is 11.4 Å². The Morgan fingerprint density at radius 2 is 2.04 bits per heavy atom. The first-order valence-electron chi connectivity index (χ1n) is 8.71. The second kappa shape index (κ2) is 6.65. The number of aryl methyl sites for hydroxylation is 1. The highest BCUT2D eigenvalue weighted by Gasteiger charge is 2.48. The van der Waals surface area contributed by atoms with Gasteiger partial charge < -0.3 is 10.2 Å². The van der Waals surface area contributed by atoms with Gasteiger partial charge in [0.1, 0.15) is 0 Å². The molecule has 27 heavy (non-hydrogen) atoms. The number of nitrogens with zero attached hydrogens (tertiary/aromatic N) is 2. The third kappa shape index (κ3) is 3.00. The third-order valence-corrected chi connectivity index (χ3v) is 6.89. The third-order valence-electron chi connectivity index (χ3n) is 4.63. The van der Waals surface area contributed by atoms with Gasteiger partial charge in [-0.15, -0.1) is 11.3 Å². The minimum absolute atomic E-state index is 0.194. The summed E-state index contributed by atoms with van der Waals surface area (Å²) in [7, 11) is 0. The molecule has 1 aromatic heterocycles. The highest BCUT2D eigenvalue weighted by Crippen LogP contribution is 2.45. The van der Waals surface area contributed by atoms with Crippen molar-refractivity contribution in [1.82, 2.24) is 4.98 Å². The number of thioether (sulfide) groups is 1. The lowest BCUT2D eigenvalue weighted by Crippen LogP contribution is -2.54. The minimum atomic E-state index is -1.22. The van der Waals surface area contributed by atoms with E-state index in [0.29, 0.717) is 12.2 Å². The second-order valence-electron chi connectivity index (χ2n) is 6.52. The van der Waals surface area contributed by atoms with E-state index in [1.807, 2.05) is 56.3 Å². The molecule has 0 spiro atoms. The molecule has 0 aliphatic carbocycles. The minimum Gasteiger partial charge on any atom is -0.324 e. The molecule has 7 heteroatoms. The average Bonchev–Trinajstić information content (AvgIpc) is 3.02. The van der Waals surface area contributed by atoms with Gasteiger partial charge in [-0.25, -0.2) is 4.98 Å². The summed E-state index contributed by atoms with van der Waals surface area (Å²) < 4.78 is -0.207. The van der Waals surface area contributed by atoms with E-state index < -0.39 is 4.75 Å².